The Balaban J connectivity index is 2.31. The zero-order valence-electron chi connectivity index (χ0n) is 14.2. The minimum absolute atomic E-state index is 0.00645. The van der Waals surface area contributed by atoms with Gasteiger partial charge in [0.1, 0.15) is 11.6 Å². The van der Waals surface area contributed by atoms with E-state index in [0.717, 1.165) is 7.14 Å². The molecule has 134 valence electrons. The molecule has 26 heavy (non-hydrogen) atoms. The van der Waals surface area contributed by atoms with Gasteiger partial charge in [0.15, 0.2) is 11.5 Å². The molecule has 0 fully saturated rings. The normalized spacial score (nSPS) is 10.8. The van der Waals surface area contributed by atoms with Crippen molar-refractivity contribution in [3.8, 4) is 17.6 Å². The van der Waals surface area contributed by atoms with E-state index in [1.165, 1.54) is 6.08 Å². The molecule has 0 bridgehead atoms. The molecular formula is C19H16I2N2O3. The van der Waals surface area contributed by atoms with E-state index in [2.05, 4.69) is 50.5 Å². The average Bonchev–Trinajstić information content (AvgIpc) is 2.61. The van der Waals surface area contributed by atoms with Crippen LogP contribution in [0, 0.1) is 18.5 Å². The average molecular weight is 574 g/mol. The smallest absolute Gasteiger partial charge is 0.266 e. The second kappa shape index (κ2) is 9.78. The number of carbonyl (C=O) groups excluding carboxylic acids is 1. The van der Waals surface area contributed by atoms with Crippen LogP contribution in [0.3, 0.4) is 0 Å². The van der Waals surface area contributed by atoms with Crippen molar-refractivity contribution in [2.75, 3.05) is 19.0 Å². The van der Waals surface area contributed by atoms with Gasteiger partial charge in [-0.15, -0.1) is 0 Å². The second-order valence-corrected chi connectivity index (χ2v) is 7.51. The van der Waals surface area contributed by atoms with Crippen LogP contribution < -0.4 is 14.8 Å². The highest BCUT2D eigenvalue weighted by Crippen LogP contribution is 2.34. The molecule has 0 aliphatic heterocycles. The minimum atomic E-state index is -0.461. The van der Waals surface area contributed by atoms with Crippen molar-refractivity contribution in [2.45, 2.75) is 6.92 Å². The number of ether oxygens (including phenoxy) is 2. The highest BCUT2D eigenvalue weighted by Gasteiger charge is 2.13. The van der Waals surface area contributed by atoms with E-state index in [9.17, 15) is 10.1 Å². The van der Waals surface area contributed by atoms with Gasteiger partial charge in [-0.3, -0.25) is 4.79 Å². The number of halogens is 2. The predicted molar refractivity (Wildman–Crippen MR) is 118 cm³/mol. The molecule has 0 saturated heterocycles. The molecule has 0 unspecified atom stereocenters. The third-order valence-corrected chi connectivity index (χ3v) is 4.83. The number of methoxy groups -OCH3 is 1. The molecule has 0 spiro atoms. The van der Waals surface area contributed by atoms with Gasteiger partial charge in [0.25, 0.3) is 5.91 Å². The number of hydrogen-bond donors (Lipinski definition) is 1. The van der Waals surface area contributed by atoms with E-state index in [4.69, 9.17) is 9.47 Å². The Kier molecular flexibility index (Phi) is 7.71. The van der Waals surface area contributed by atoms with E-state index in [-0.39, 0.29) is 5.57 Å². The molecular weight excluding hydrogens is 558 g/mol. The van der Waals surface area contributed by atoms with Crippen LogP contribution in [0.1, 0.15) is 12.5 Å². The maximum Gasteiger partial charge on any atom is 0.266 e. The van der Waals surface area contributed by atoms with Crippen LogP contribution in [0.5, 0.6) is 11.5 Å². The Morgan fingerprint density at radius 3 is 2.54 bits per heavy atom. The maximum absolute atomic E-state index is 12.4. The molecule has 2 rings (SSSR count). The van der Waals surface area contributed by atoms with Gasteiger partial charge in [0, 0.05) is 9.26 Å². The summed E-state index contributed by atoms with van der Waals surface area (Å²) in [5.41, 5.74) is 1.33. The van der Waals surface area contributed by atoms with Crippen LogP contribution in [-0.2, 0) is 4.79 Å². The van der Waals surface area contributed by atoms with Crippen molar-refractivity contribution >= 4 is 62.9 Å². The van der Waals surface area contributed by atoms with Gasteiger partial charge < -0.3 is 14.8 Å². The number of benzene rings is 2. The van der Waals surface area contributed by atoms with Crippen molar-refractivity contribution < 1.29 is 14.3 Å². The summed E-state index contributed by atoms with van der Waals surface area (Å²) < 4.78 is 12.8. The van der Waals surface area contributed by atoms with Gasteiger partial charge in [-0.25, -0.2) is 0 Å². The first-order valence-electron chi connectivity index (χ1n) is 7.67. The van der Waals surface area contributed by atoms with Gasteiger partial charge >= 0.3 is 0 Å². The Bertz CT molecular complexity index is 872. The summed E-state index contributed by atoms with van der Waals surface area (Å²) in [4.78, 5) is 12.4. The summed E-state index contributed by atoms with van der Waals surface area (Å²) in [6.45, 7) is 2.36. The zero-order chi connectivity index (χ0) is 19.1. The minimum Gasteiger partial charge on any atom is -0.492 e. The second-order valence-electron chi connectivity index (χ2n) is 5.10. The van der Waals surface area contributed by atoms with E-state index in [1.54, 1.807) is 25.3 Å². The third kappa shape index (κ3) is 5.35. The topological polar surface area (TPSA) is 71.3 Å². The third-order valence-electron chi connectivity index (χ3n) is 3.31. The Labute approximate surface area is 179 Å². The summed E-state index contributed by atoms with van der Waals surface area (Å²) >= 11 is 4.32. The van der Waals surface area contributed by atoms with Crippen molar-refractivity contribution in [1.29, 1.82) is 5.26 Å². The number of anilines is 1. The van der Waals surface area contributed by atoms with E-state index in [1.807, 2.05) is 31.2 Å². The summed E-state index contributed by atoms with van der Waals surface area (Å²) in [5.74, 6) is 0.743. The van der Waals surface area contributed by atoms with E-state index in [0.29, 0.717) is 29.4 Å². The van der Waals surface area contributed by atoms with Crippen LogP contribution in [-0.4, -0.2) is 19.6 Å². The first kappa shape index (κ1) is 20.5. The zero-order valence-corrected chi connectivity index (χ0v) is 18.5. The fourth-order valence-electron chi connectivity index (χ4n) is 2.18. The number of nitriles is 1. The van der Waals surface area contributed by atoms with Crippen LogP contribution in [0.25, 0.3) is 6.08 Å². The SMILES string of the molecule is CCOc1cc(/C=C(/C#N)C(=O)Nc2ccc(I)cc2)cc(I)c1OC. The fourth-order valence-corrected chi connectivity index (χ4v) is 3.38. The van der Waals surface area contributed by atoms with Crippen molar-refractivity contribution in [3.63, 3.8) is 0 Å². The lowest BCUT2D eigenvalue weighted by Gasteiger charge is -2.12. The molecule has 0 atom stereocenters. The molecule has 0 aromatic heterocycles. The standard InChI is InChI=1S/C19H16I2N2O3/c1-3-26-17-10-12(9-16(21)18(17)25-2)8-13(11-22)19(24)23-15-6-4-14(20)5-7-15/h4-10H,3H2,1-2H3,(H,23,24)/b13-8-. The molecule has 0 heterocycles. The summed E-state index contributed by atoms with van der Waals surface area (Å²) in [7, 11) is 1.57. The monoisotopic (exact) mass is 574 g/mol. The lowest BCUT2D eigenvalue weighted by atomic mass is 10.1. The van der Waals surface area contributed by atoms with Crippen LogP contribution in [0.2, 0.25) is 0 Å². The van der Waals surface area contributed by atoms with Crippen molar-refractivity contribution in [3.05, 3.63) is 54.7 Å². The number of nitrogens with zero attached hydrogens (tertiary/aromatic N) is 1. The van der Waals surface area contributed by atoms with Gasteiger partial charge in [-0.1, -0.05) is 0 Å². The largest absolute Gasteiger partial charge is 0.492 e. The van der Waals surface area contributed by atoms with Crippen molar-refractivity contribution in [2.24, 2.45) is 0 Å². The fraction of sp³-hybridized carbons (Fsp3) is 0.158. The first-order chi connectivity index (χ1) is 12.5. The number of rotatable bonds is 6. The molecule has 0 aliphatic carbocycles. The predicted octanol–water partition coefficient (Wildman–Crippen LogP) is 4.85. The Hall–Kier alpha value is -1.80. The molecule has 0 radical (unpaired) electrons. The van der Waals surface area contributed by atoms with Crippen molar-refractivity contribution in [1.82, 2.24) is 0 Å². The summed E-state index contributed by atoms with van der Waals surface area (Å²) in [5, 5.41) is 12.1. The maximum atomic E-state index is 12.4. The molecule has 5 nitrogen and oxygen atoms in total. The Morgan fingerprint density at radius 1 is 1.27 bits per heavy atom. The van der Waals surface area contributed by atoms with E-state index >= 15 is 0 Å². The number of amides is 1. The van der Waals surface area contributed by atoms with Gasteiger partial charge in [0.05, 0.1) is 17.3 Å². The van der Waals surface area contributed by atoms with Crippen LogP contribution in [0.15, 0.2) is 42.0 Å². The molecule has 2 aromatic rings. The van der Waals surface area contributed by atoms with Gasteiger partial charge in [-0.05, 0) is 100 Å². The molecule has 0 saturated carbocycles. The van der Waals surface area contributed by atoms with E-state index < -0.39 is 5.91 Å². The van der Waals surface area contributed by atoms with Gasteiger partial charge in [0.2, 0.25) is 0 Å². The molecule has 7 heteroatoms. The first-order valence-corrected chi connectivity index (χ1v) is 9.83. The number of carbonyl (C=O) groups is 1. The summed E-state index contributed by atoms with van der Waals surface area (Å²) in [6.07, 6.45) is 1.53. The number of hydrogen-bond acceptors (Lipinski definition) is 4. The van der Waals surface area contributed by atoms with Crippen LogP contribution >= 0.6 is 45.2 Å². The lowest BCUT2D eigenvalue weighted by Crippen LogP contribution is -2.13. The quantitative estimate of drug-likeness (QED) is 0.305. The molecule has 1 amide bonds. The molecule has 1 N–H and O–H groups in total. The van der Waals surface area contributed by atoms with Gasteiger partial charge in [-0.2, -0.15) is 5.26 Å². The molecule has 0 aliphatic rings. The summed E-state index contributed by atoms with van der Waals surface area (Å²) in [6, 6.07) is 12.9. The lowest BCUT2D eigenvalue weighted by molar-refractivity contribution is -0.112. The highest BCUT2D eigenvalue weighted by molar-refractivity contribution is 14.1. The highest BCUT2D eigenvalue weighted by atomic mass is 127. The Morgan fingerprint density at radius 2 is 1.96 bits per heavy atom. The van der Waals surface area contributed by atoms with Crippen LogP contribution in [0.4, 0.5) is 5.69 Å². The molecule has 2 aromatic carbocycles. The number of nitrogens with one attached hydrogen (secondary N) is 1.